The van der Waals surface area contributed by atoms with Crippen LogP contribution in [0.5, 0.6) is 0 Å². The largest absolute Gasteiger partial charge is 0.377 e. The predicted octanol–water partition coefficient (Wildman–Crippen LogP) is 2.37. The molecule has 4 heteroatoms. The summed E-state index contributed by atoms with van der Waals surface area (Å²) in [5.41, 5.74) is 0.981. The maximum absolute atomic E-state index is 12.2. The van der Waals surface area contributed by atoms with Crippen molar-refractivity contribution in [3.05, 3.63) is 30.3 Å². The van der Waals surface area contributed by atoms with Crippen molar-refractivity contribution < 1.29 is 9.53 Å². The summed E-state index contributed by atoms with van der Waals surface area (Å²) in [6, 6.07) is 10.0. The Bertz CT molecular complexity index is 515. The SMILES string of the molecule is CN(CC(=O)Nc1ccccc1)[C@@H]1[C@@H]2CCO[C@H]2C1(C)C. The average molecular weight is 288 g/mol. The molecular weight excluding hydrogens is 264 g/mol. The minimum Gasteiger partial charge on any atom is -0.377 e. The number of benzene rings is 1. The van der Waals surface area contributed by atoms with Gasteiger partial charge >= 0.3 is 0 Å². The predicted molar refractivity (Wildman–Crippen MR) is 83.1 cm³/mol. The van der Waals surface area contributed by atoms with Crippen LogP contribution in [0.25, 0.3) is 0 Å². The molecule has 2 aliphatic rings. The van der Waals surface area contributed by atoms with Crippen molar-refractivity contribution in [2.24, 2.45) is 11.3 Å². The summed E-state index contributed by atoms with van der Waals surface area (Å²) in [7, 11) is 2.05. The molecule has 1 aliphatic carbocycles. The number of likely N-dealkylation sites (N-methyl/N-ethyl adjacent to an activating group) is 1. The van der Waals surface area contributed by atoms with Crippen LogP contribution in [-0.4, -0.2) is 43.2 Å². The Morgan fingerprint density at radius 2 is 2.10 bits per heavy atom. The summed E-state index contributed by atoms with van der Waals surface area (Å²) in [5, 5.41) is 2.95. The van der Waals surface area contributed by atoms with Gasteiger partial charge in [0.1, 0.15) is 0 Å². The van der Waals surface area contributed by atoms with Crippen LogP contribution in [0, 0.1) is 11.3 Å². The van der Waals surface area contributed by atoms with Gasteiger partial charge in [-0.15, -0.1) is 0 Å². The van der Waals surface area contributed by atoms with Crippen LogP contribution in [-0.2, 0) is 9.53 Å². The number of anilines is 1. The second kappa shape index (κ2) is 5.43. The standard InChI is InChI=1S/C17H24N2O2/c1-17(2)15(13-9-10-21-16(13)17)19(3)11-14(20)18-12-7-5-4-6-8-12/h4-8,13,15-16H,9-11H2,1-3H3,(H,18,20)/t13-,15+,16+/m0/s1. The summed E-state index contributed by atoms with van der Waals surface area (Å²) in [4.78, 5) is 14.4. The van der Waals surface area contributed by atoms with Crippen molar-refractivity contribution in [2.45, 2.75) is 32.4 Å². The molecule has 1 aromatic carbocycles. The Morgan fingerprint density at radius 1 is 1.38 bits per heavy atom. The Morgan fingerprint density at radius 3 is 2.81 bits per heavy atom. The lowest BCUT2D eigenvalue weighted by Crippen LogP contribution is -2.66. The van der Waals surface area contributed by atoms with Crippen LogP contribution < -0.4 is 5.32 Å². The summed E-state index contributed by atoms with van der Waals surface area (Å²) in [5.74, 6) is 0.622. The van der Waals surface area contributed by atoms with Crippen LogP contribution in [0.4, 0.5) is 5.69 Å². The zero-order chi connectivity index (χ0) is 15.0. The van der Waals surface area contributed by atoms with Gasteiger partial charge in [-0.1, -0.05) is 32.0 Å². The van der Waals surface area contributed by atoms with Gasteiger partial charge in [0, 0.05) is 29.7 Å². The van der Waals surface area contributed by atoms with Gasteiger partial charge in [-0.3, -0.25) is 9.69 Å². The van der Waals surface area contributed by atoms with Crippen LogP contribution in [0.1, 0.15) is 20.3 Å². The van der Waals surface area contributed by atoms with Gasteiger partial charge in [-0.05, 0) is 25.6 Å². The summed E-state index contributed by atoms with van der Waals surface area (Å²) in [6.07, 6.45) is 1.48. The molecule has 1 amide bonds. The molecular formula is C17H24N2O2. The van der Waals surface area contributed by atoms with Gasteiger partial charge < -0.3 is 10.1 Å². The highest BCUT2D eigenvalue weighted by atomic mass is 16.5. The highest BCUT2D eigenvalue weighted by molar-refractivity contribution is 5.92. The van der Waals surface area contributed by atoms with E-state index in [0.717, 1.165) is 18.7 Å². The van der Waals surface area contributed by atoms with E-state index in [0.29, 0.717) is 24.6 Å². The fourth-order valence-electron chi connectivity index (χ4n) is 4.24. The lowest BCUT2D eigenvalue weighted by atomic mass is 9.57. The van der Waals surface area contributed by atoms with Crippen LogP contribution in [0.3, 0.4) is 0 Å². The van der Waals surface area contributed by atoms with E-state index in [1.165, 1.54) is 0 Å². The Balaban J connectivity index is 1.59. The highest BCUT2D eigenvalue weighted by Crippen LogP contribution is 2.54. The van der Waals surface area contributed by atoms with E-state index in [-0.39, 0.29) is 11.3 Å². The smallest absolute Gasteiger partial charge is 0.238 e. The second-order valence-corrected chi connectivity index (χ2v) is 6.84. The summed E-state index contributed by atoms with van der Waals surface area (Å²) < 4.78 is 5.82. The highest BCUT2D eigenvalue weighted by Gasteiger charge is 2.60. The van der Waals surface area contributed by atoms with Crippen LogP contribution in [0.15, 0.2) is 30.3 Å². The number of para-hydroxylation sites is 1. The number of nitrogens with zero attached hydrogens (tertiary/aromatic N) is 1. The first-order valence-electron chi connectivity index (χ1n) is 7.67. The molecule has 3 atom stereocenters. The molecule has 21 heavy (non-hydrogen) atoms. The molecule has 1 saturated carbocycles. The summed E-state index contributed by atoms with van der Waals surface area (Å²) in [6.45, 7) is 5.77. The first-order valence-corrected chi connectivity index (χ1v) is 7.67. The molecule has 1 aromatic rings. The summed E-state index contributed by atoms with van der Waals surface area (Å²) >= 11 is 0. The Hall–Kier alpha value is -1.39. The molecule has 4 nitrogen and oxygen atoms in total. The van der Waals surface area contributed by atoms with Gasteiger partial charge in [-0.25, -0.2) is 0 Å². The molecule has 114 valence electrons. The first-order chi connectivity index (χ1) is 10.00. The Kier molecular flexibility index (Phi) is 3.76. The number of ether oxygens (including phenoxy) is 1. The van der Waals surface area contributed by atoms with Crippen molar-refractivity contribution >= 4 is 11.6 Å². The van der Waals surface area contributed by atoms with E-state index in [1.54, 1.807) is 0 Å². The fourth-order valence-corrected chi connectivity index (χ4v) is 4.24. The minimum absolute atomic E-state index is 0.0434. The van der Waals surface area contributed by atoms with E-state index >= 15 is 0 Å². The number of fused-ring (bicyclic) bond motifs is 1. The van der Waals surface area contributed by atoms with Gasteiger partial charge in [-0.2, -0.15) is 0 Å². The monoisotopic (exact) mass is 288 g/mol. The molecule has 1 saturated heterocycles. The maximum atomic E-state index is 12.2. The topological polar surface area (TPSA) is 41.6 Å². The molecule has 1 N–H and O–H groups in total. The number of carbonyl (C=O) groups is 1. The van der Waals surface area contributed by atoms with Gasteiger partial charge in [0.15, 0.2) is 0 Å². The van der Waals surface area contributed by atoms with Crippen molar-refractivity contribution in [1.82, 2.24) is 4.90 Å². The van der Waals surface area contributed by atoms with Crippen molar-refractivity contribution in [3.8, 4) is 0 Å². The van der Waals surface area contributed by atoms with Gasteiger partial charge in [0.05, 0.1) is 12.6 Å². The first kappa shape index (κ1) is 14.5. The van der Waals surface area contributed by atoms with Crippen LogP contribution in [0.2, 0.25) is 0 Å². The quantitative estimate of drug-likeness (QED) is 0.925. The zero-order valence-corrected chi connectivity index (χ0v) is 13.0. The van der Waals surface area contributed by atoms with Crippen LogP contribution >= 0.6 is 0 Å². The second-order valence-electron chi connectivity index (χ2n) is 6.84. The van der Waals surface area contributed by atoms with Gasteiger partial charge in [0.2, 0.25) is 5.91 Å². The van der Waals surface area contributed by atoms with Crippen molar-refractivity contribution in [2.75, 3.05) is 25.5 Å². The minimum atomic E-state index is 0.0434. The Labute approximate surface area is 126 Å². The molecule has 0 radical (unpaired) electrons. The number of hydrogen-bond acceptors (Lipinski definition) is 3. The molecule has 2 fully saturated rings. The normalized spacial score (nSPS) is 29.8. The molecule has 0 spiro atoms. The van der Waals surface area contributed by atoms with E-state index in [2.05, 4.69) is 24.1 Å². The molecule has 3 rings (SSSR count). The van der Waals surface area contributed by atoms with Crippen molar-refractivity contribution in [1.29, 1.82) is 0 Å². The van der Waals surface area contributed by atoms with E-state index in [1.807, 2.05) is 37.4 Å². The van der Waals surface area contributed by atoms with E-state index in [4.69, 9.17) is 4.74 Å². The van der Waals surface area contributed by atoms with E-state index < -0.39 is 0 Å². The molecule has 1 heterocycles. The molecule has 1 aliphatic heterocycles. The number of hydrogen-bond donors (Lipinski definition) is 1. The zero-order valence-electron chi connectivity index (χ0n) is 13.0. The van der Waals surface area contributed by atoms with E-state index in [9.17, 15) is 4.79 Å². The molecule has 0 unspecified atom stereocenters. The number of rotatable bonds is 4. The number of amides is 1. The number of carbonyl (C=O) groups excluding carboxylic acids is 1. The van der Waals surface area contributed by atoms with Gasteiger partial charge in [0.25, 0.3) is 0 Å². The molecule has 0 bridgehead atoms. The molecule has 0 aromatic heterocycles. The third-order valence-electron chi connectivity index (χ3n) is 4.96. The third-order valence-corrected chi connectivity index (χ3v) is 4.96. The maximum Gasteiger partial charge on any atom is 0.238 e. The number of nitrogens with one attached hydrogen (secondary N) is 1. The fraction of sp³-hybridized carbons (Fsp3) is 0.588. The lowest BCUT2D eigenvalue weighted by molar-refractivity contribution is -0.152. The third kappa shape index (κ3) is 2.58. The lowest BCUT2D eigenvalue weighted by Gasteiger charge is -2.57. The average Bonchev–Trinajstić information content (AvgIpc) is 2.85. The van der Waals surface area contributed by atoms with Crippen molar-refractivity contribution in [3.63, 3.8) is 0 Å².